The summed E-state index contributed by atoms with van der Waals surface area (Å²) < 4.78 is 27.0. The van der Waals surface area contributed by atoms with Crippen LogP contribution in [0.3, 0.4) is 0 Å². The fourth-order valence-electron chi connectivity index (χ4n) is 3.49. The predicted molar refractivity (Wildman–Crippen MR) is 118 cm³/mol. The molecule has 3 rings (SSSR count). The van der Waals surface area contributed by atoms with Crippen molar-refractivity contribution in [3.8, 4) is 0 Å². The Kier molecular flexibility index (Phi) is 8.09. The number of guanidine groups is 1. The van der Waals surface area contributed by atoms with Crippen molar-refractivity contribution in [1.82, 2.24) is 20.3 Å². The molecule has 2 aliphatic rings. The van der Waals surface area contributed by atoms with Crippen LogP contribution in [0.1, 0.15) is 32.6 Å². The summed E-state index contributed by atoms with van der Waals surface area (Å²) in [5, 5.41) is 9.40. The molecule has 166 valence electrons. The van der Waals surface area contributed by atoms with Gasteiger partial charge in [-0.1, -0.05) is 18.2 Å². The van der Waals surface area contributed by atoms with Gasteiger partial charge < -0.3 is 16.0 Å². The van der Waals surface area contributed by atoms with Crippen LogP contribution >= 0.6 is 0 Å². The maximum absolute atomic E-state index is 12.7. The molecule has 0 aromatic heterocycles. The SMILES string of the molecule is CCNC(=NCC1CCN(S(=O)(=O)c2ccccc2)CC1)NCCNC(=O)C1CC1. The Hall–Kier alpha value is -2.13. The van der Waals surface area contributed by atoms with Gasteiger partial charge in [-0.15, -0.1) is 0 Å². The van der Waals surface area contributed by atoms with Crippen LogP contribution in [0.25, 0.3) is 0 Å². The number of aliphatic imine (C=N–C) groups is 1. The summed E-state index contributed by atoms with van der Waals surface area (Å²) >= 11 is 0. The number of nitrogens with zero attached hydrogens (tertiary/aromatic N) is 2. The van der Waals surface area contributed by atoms with Crippen LogP contribution < -0.4 is 16.0 Å². The highest BCUT2D eigenvalue weighted by molar-refractivity contribution is 7.89. The number of piperidine rings is 1. The fourth-order valence-corrected chi connectivity index (χ4v) is 4.98. The zero-order valence-corrected chi connectivity index (χ0v) is 18.5. The molecule has 1 saturated heterocycles. The van der Waals surface area contributed by atoms with E-state index < -0.39 is 10.0 Å². The highest BCUT2D eigenvalue weighted by Gasteiger charge is 2.30. The molecule has 0 atom stereocenters. The Bertz CT molecular complexity index is 816. The molecule has 1 heterocycles. The van der Waals surface area contributed by atoms with Crippen molar-refractivity contribution in [3.63, 3.8) is 0 Å². The number of carbonyl (C=O) groups is 1. The highest BCUT2D eigenvalue weighted by atomic mass is 32.2. The van der Waals surface area contributed by atoms with Gasteiger partial charge in [0.05, 0.1) is 4.90 Å². The van der Waals surface area contributed by atoms with E-state index in [2.05, 4.69) is 20.9 Å². The summed E-state index contributed by atoms with van der Waals surface area (Å²) in [6, 6.07) is 8.61. The van der Waals surface area contributed by atoms with Crippen molar-refractivity contribution in [2.75, 3.05) is 39.3 Å². The molecule has 1 saturated carbocycles. The molecule has 0 unspecified atom stereocenters. The van der Waals surface area contributed by atoms with E-state index in [-0.39, 0.29) is 11.8 Å². The Balaban J connectivity index is 1.42. The lowest BCUT2D eigenvalue weighted by molar-refractivity contribution is -0.122. The molecule has 0 spiro atoms. The number of nitrogens with one attached hydrogen (secondary N) is 3. The van der Waals surface area contributed by atoms with Gasteiger partial charge in [-0.25, -0.2) is 8.42 Å². The number of hydrogen-bond acceptors (Lipinski definition) is 4. The molecular weight excluding hydrogens is 402 g/mol. The van der Waals surface area contributed by atoms with E-state index in [9.17, 15) is 13.2 Å². The Labute approximate surface area is 179 Å². The molecule has 8 nitrogen and oxygen atoms in total. The summed E-state index contributed by atoms with van der Waals surface area (Å²) in [5.74, 6) is 1.47. The van der Waals surface area contributed by atoms with Gasteiger partial charge in [0, 0.05) is 45.2 Å². The standard InChI is InChI=1S/C21H33N5O3S/c1-2-22-21(24-13-12-23-20(27)18-8-9-18)25-16-17-10-14-26(15-11-17)30(28,29)19-6-4-3-5-7-19/h3-7,17-18H,2,8-16H2,1H3,(H,23,27)(H2,22,24,25). The number of benzene rings is 1. The molecule has 1 aliphatic carbocycles. The fraction of sp³-hybridized carbons (Fsp3) is 0.619. The van der Waals surface area contributed by atoms with E-state index >= 15 is 0 Å². The molecule has 30 heavy (non-hydrogen) atoms. The van der Waals surface area contributed by atoms with Gasteiger partial charge in [0.2, 0.25) is 15.9 Å². The summed E-state index contributed by atoms with van der Waals surface area (Å²) in [6.07, 6.45) is 3.61. The second kappa shape index (κ2) is 10.8. The normalized spacial score (nSPS) is 18.8. The number of hydrogen-bond donors (Lipinski definition) is 3. The zero-order chi connectivity index (χ0) is 21.4. The van der Waals surface area contributed by atoms with E-state index in [1.165, 1.54) is 0 Å². The first kappa shape index (κ1) is 22.6. The predicted octanol–water partition coefficient (Wildman–Crippen LogP) is 1.17. The Morgan fingerprint density at radius 1 is 1.03 bits per heavy atom. The third kappa shape index (κ3) is 6.43. The zero-order valence-electron chi connectivity index (χ0n) is 17.6. The summed E-state index contributed by atoms with van der Waals surface area (Å²) in [4.78, 5) is 16.7. The van der Waals surface area contributed by atoms with E-state index in [1.54, 1.807) is 28.6 Å². The number of sulfonamides is 1. The van der Waals surface area contributed by atoms with Gasteiger partial charge in [0.25, 0.3) is 0 Å². The molecule has 1 amide bonds. The van der Waals surface area contributed by atoms with E-state index in [0.29, 0.717) is 43.5 Å². The Morgan fingerprint density at radius 3 is 2.33 bits per heavy atom. The van der Waals surface area contributed by atoms with Gasteiger partial charge in [-0.3, -0.25) is 9.79 Å². The average Bonchev–Trinajstić information content (AvgIpc) is 3.61. The van der Waals surface area contributed by atoms with Gasteiger partial charge in [-0.05, 0) is 50.7 Å². The highest BCUT2D eigenvalue weighted by Crippen LogP contribution is 2.28. The number of amides is 1. The van der Waals surface area contributed by atoms with Crippen LogP contribution in [0.5, 0.6) is 0 Å². The molecule has 9 heteroatoms. The van der Waals surface area contributed by atoms with Crippen molar-refractivity contribution in [2.24, 2.45) is 16.8 Å². The smallest absolute Gasteiger partial charge is 0.243 e. The molecule has 1 aromatic carbocycles. The first-order valence-corrected chi connectivity index (χ1v) is 12.3. The largest absolute Gasteiger partial charge is 0.357 e. The third-order valence-electron chi connectivity index (χ3n) is 5.47. The third-order valence-corrected chi connectivity index (χ3v) is 7.38. The lowest BCUT2D eigenvalue weighted by Crippen LogP contribution is -2.42. The first-order chi connectivity index (χ1) is 14.5. The van der Waals surface area contributed by atoms with Gasteiger partial charge in [0.1, 0.15) is 0 Å². The maximum Gasteiger partial charge on any atom is 0.243 e. The Morgan fingerprint density at radius 2 is 1.70 bits per heavy atom. The number of carbonyl (C=O) groups excluding carboxylic acids is 1. The van der Waals surface area contributed by atoms with Gasteiger partial charge in [-0.2, -0.15) is 4.31 Å². The minimum absolute atomic E-state index is 0.149. The maximum atomic E-state index is 12.7. The molecule has 3 N–H and O–H groups in total. The van der Waals surface area contributed by atoms with E-state index in [1.807, 2.05) is 13.0 Å². The lowest BCUT2D eigenvalue weighted by Gasteiger charge is -2.30. The topological polar surface area (TPSA) is 103 Å². The molecule has 1 aromatic rings. The second-order valence-electron chi connectivity index (χ2n) is 7.87. The first-order valence-electron chi connectivity index (χ1n) is 10.9. The molecule has 0 radical (unpaired) electrons. The van der Waals surface area contributed by atoms with Crippen LogP contribution in [0.15, 0.2) is 40.2 Å². The van der Waals surface area contributed by atoms with Crippen molar-refractivity contribution < 1.29 is 13.2 Å². The molecule has 2 fully saturated rings. The summed E-state index contributed by atoms with van der Waals surface area (Å²) in [5.41, 5.74) is 0. The second-order valence-corrected chi connectivity index (χ2v) is 9.81. The van der Waals surface area contributed by atoms with Crippen LogP contribution in [0.4, 0.5) is 0 Å². The minimum atomic E-state index is -3.41. The van der Waals surface area contributed by atoms with Crippen LogP contribution in [0.2, 0.25) is 0 Å². The van der Waals surface area contributed by atoms with E-state index in [0.717, 1.165) is 38.2 Å². The van der Waals surface area contributed by atoms with Gasteiger partial charge >= 0.3 is 0 Å². The summed E-state index contributed by atoms with van der Waals surface area (Å²) in [7, 11) is -3.41. The number of rotatable bonds is 9. The molecule has 1 aliphatic heterocycles. The average molecular weight is 436 g/mol. The van der Waals surface area contributed by atoms with E-state index in [4.69, 9.17) is 0 Å². The quantitative estimate of drug-likeness (QED) is 0.307. The van der Waals surface area contributed by atoms with Crippen LogP contribution in [-0.2, 0) is 14.8 Å². The van der Waals surface area contributed by atoms with Crippen molar-refractivity contribution in [1.29, 1.82) is 0 Å². The lowest BCUT2D eigenvalue weighted by atomic mass is 9.98. The van der Waals surface area contributed by atoms with Gasteiger partial charge in [0.15, 0.2) is 5.96 Å². The summed E-state index contributed by atoms with van der Waals surface area (Å²) in [6.45, 7) is 5.67. The monoisotopic (exact) mass is 435 g/mol. The van der Waals surface area contributed by atoms with Crippen LogP contribution in [-0.4, -0.2) is 63.9 Å². The molecular formula is C21H33N5O3S. The molecule has 0 bridgehead atoms. The van der Waals surface area contributed by atoms with Crippen molar-refractivity contribution >= 4 is 21.9 Å². The minimum Gasteiger partial charge on any atom is -0.357 e. The van der Waals surface area contributed by atoms with Crippen LogP contribution in [0, 0.1) is 11.8 Å². The van der Waals surface area contributed by atoms with Crippen molar-refractivity contribution in [2.45, 2.75) is 37.5 Å². The van der Waals surface area contributed by atoms with Crippen molar-refractivity contribution in [3.05, 3.63) is 30.3 Å².